The molecule has 0 aliphatic carbocycles. The van der Waals surface area contributed by atoms with Crippen LogP contribution in [0.3, 0.4) is 0 Å². The maximum absolute atomic E-state index is 13.0. The molecule has 10 heteroatoms. The van der Waals surface area contributed by atoms with Crippen LogP contribution in [0.2, 0.25) is 5.02 Å². The lowest BCUT2D eigenvalue weighted by molar-refractivity contribution is -0.116. The van der Waals surface area contributed by atoms with Gasteiger partial charge in [0.1, 0.15) is 18.7 Å². The molecule has 1 amide bonds. The number of rotatable bonds is 5. The van der Waals surface area contributed by atoms with Gasteiger partial charge in [-0.2, -0.15) is 0 Å². The van der Waals surface area contributed by atoms with Gasteiger partial charge in [-0.15, -0.1) is 5.10 Å². The first kappa shape index (κ1) is 18.8. The number of nitrogens with one attached hydrogen (secondary N) is 1. The Morgan fingerprint density at radius 1 is 1.10 bits per heavy atom. The van der Waals surface area contributed by atoms with Gasteiger partial charge in [0.2, 0.25) is 5.91 Å². The van der Waals surface area contributed by atoms with E-state index >= 15 is 0 Å². The minimum atomic E-state index is -0.480. The molecule has 0 radical (unpaired) electrons. The molecule has 8 nitrogen and oxygen atoms in total. The first-order valence-corrected chi connectivity index (χ1v) is 8.96. The van der Waals surface area contributed by atoms with Gasteiger partial charge in [-0.05, 0) is 42.0 Å². The number of anilines is 1. The van der Waals surface area contributed by atoms with Crippen molar-refractivity contribution in [3.63, 3.8) is 0 Å². The molecule has 0 saturated carbocycles. The third kappa shape index (κ3) is 4.14. The highest BCUT2D eigenvalue weighted by atomic mass is 35.5. The minimum Gasteiger partial charge on any atom is -0.325 e. The Morgan fingerprint density at radius 3 is 2.55 bits per heavy atom. The van der Waals surface area contributed by atoms with E-state index in [0.717, 1.165) is 10.1 Å². The van der Waals surface area contributed by atoms with Crippen LogP contribution in [0.1, 0.15) is 5.56 Å². The summed E-state index contributed by atoms with van der Waals surface area (Å²) >= 11 is 5.82. The van der Waals surface area contributed by atoms with E-state index in [9.17, 15) is 14.0 Å². The fourth-order valence-corrected chi connectivity index (χ4v) is 2.88. The zero-order chi connectivity index (χ0) is 20.4. The van der Waals surface area contributed by atoms with Gasteiger partial charge in [0.05, 0.1) is 6.54 Å². The highest BCUT2D eigenvalue weighted by Gasteiger charge is 2.14. The number of hydrogen-bond donors (Lipinski definition) is 1. The molecule has 146 valence electrons. The number of carbonyl (C=O) groups is 1. The van der Waals surface area contributed by atoms with Crippen molar-refractivity contribution in [3.8, 4) is 0 Å². The summed E-state index contributed by atoms with van der Waals surface area (Å²) in [7, 11) is 0. The molecule has 0 aliphatic heterocycles. The van der Waals surface area contributed by atoms with Crippen molar-refractivity contribution in [1.29, 1.82) is 0 Å². The van der Waals surface area contributed by atoms with Crippen LogP contribution in [0, 0.1) is 5.82 Å². The molecule has 0 spiro atoms. The van der Waals surface area contributed by atoms with Crippen LogP contribution in [0.15, 0.2) is 59.7 Å². The fourth-order valence-electron chi connectivity index (χ4n) is 2.76. The summed E-state index contributed by atoms with van der Waals surface area (Å²) in [6.07, 6.45) is 1.27. The SMILES string of the molecule is O=C(Cn1cnc2c(nnn2Cc2ccc(F)cc2)c1=O)Nc1ccc(Cl)cc1. The average molecular weight is 413 g/mol. The number of nitrogens with zero attached hydrogens (tertiary/aromatic N) is 5. The van der Waals surface area contributed by atoms with Gasteiger partial charge in [0.25, 0.3) is 5.56 Å². The number of aromatic nitrogens is 5. The van der Waals surface area contributed by atoms with Gasteiger partial charge in [-0.3, -0.25) is 14.2 Å². The van der Waals surface area contributed by atoms with Crippen molar-refractivity contribution in [2.24, 2.45) is 0 Å². The molecule has 0 saturated heterocycles. The summed E-state index contributed by atoms with van der Waals surface area (Å²) in [4.78, 5) is 29.1. The summed E-state index contributed by atoms with van der Waals surface area (Å²) in [6.45, 7) is 0.0551. The number of hydrogen-bond acceptors (Lipinski definition) is 5. The maximum Gasteiger partial charge on any atom is 0.283 e. The molecule has 29 heavy (non-hydrogen) atoms. The summed E-state index contributed by atoms with van der Waals surface area (Å²) < 4.78 is 15.6. The van der Waals surface area contributed by atoms with E-state index in [0.29, 0.717) is 10.7 Å². The van der Waals surface area contributed by atoms with E-state index in [4.69, 9.17) is 11.6 Å². The normalized spacial score (nSPS) is 11.0. The average Bonchev–Trinajstić information content (AvgIpc) is 3.11. The predicted molar refractivity (Wildman–Crippen MR) is 105 cm³/mol. The number of benzene rings is 2. The number of carbonyl (C=O) groups excluding carboxylic acids is 1. The van der Waals surface area contributed by atoms with Crippen molar-refractivity contribution in [2.75, 3.05) is 5.32 Å². The molecular weight excluding hydrogens is 399 g/mol. The van der Waals surface area contributed by atoms with Crippen molar-refractivity contribution < 1.29 is 9.18 Å². The topological polar surface area (TPSA) is 94.7 Å². The van der Waals surface area contributed by atoms with Gasteiger partial charge < -0.3 is 5.32 Å². The van der Waals surface area contributed by atoms with Crippen LogP contribution < -0.4 is 10.9 Å². The van der Waals surface area contributed by atoms with Crippen LogP contribution in [-0.2, 0) is 17.9 Å². The molecule has 2 aromatic heterocycles. The molecule has 4 rings (SSSR count). The lowest BCUT2D eigenvalue weighted by atomic mass is 10.2. The first-order chi connectivity index (χ1) is 14.0. The Labute approximate surface area is 168 Å². The van der Waals surface area contributed by atoms with E-state index in [2.05, 4.69) is 20.6 Å². The summed E-state index contributed by atoms with van der Waals surface area (Å²) in [5.74, 6) is -0.732. The Kier molecular flexibility index (Phi) is 5.05. The lowest BCUT2D eigenvalue weighted by Crippen LogP contribution is -2.28. The minimum absolute atomic E-state index is 0.0499. The molecule has 0 unspecified atom stereocenters. The molecule has 0 aliphatic rings. The van der Waals surface area contributed by atoms with Crippen LogP contribution in [-0.4, -0.2) is 30.5 Å². The van der Waals surface area contributed by atoms with Gasteiger partial charge in [0.15, 0.2) is 11.2 Å². The smallest absolute Gasteiger partial charge is 0.283 e. The van der Waals surface area contributed by atoms with E-state index < -0.39 is 11.5 Å². The number of halogens is 2. The molecule has 1 N–H and O–H groups in total. The maximum atomic E-state index is 13.0. The standard InChI is InChI=1S/C19H14ClFN6O2/c20-13-3-7-15(8-4-13)23-16(28)10-26-11-22-18-17(19(26)29)24-25-27(18)9-12-1-5-14(21)6-2-12/h1-8,11H,9-10H2,(H,23,28). The molecule has 0 atom stereocenters. The van der Waals surface area contributed by atoms with Crippen molar-refractivity contribution in [1.82, 2.24) is 24.5 Å². The second-order valence-corrected chi connectivity index (χ2v) is 6.71. The highest BCUT2D eigenvalue weighted by Crippen LogP contribution is 2.13. The molecule has 0 bridgehead atoms. The van der Waals surface area contributed by atoms with Crippen LogP contribution in [0.25, 0.3) is 11.2 Å². The molecular formula is C19H14ClFN6O2. The van der Waals surface area contributed by atoms with Gasteiger partial charge in [-0.25, -0.2) is 14.1 Å². The van der Waals surface area contributed by atoms with Gasteiger partial charge in [0, 0.05) is 10.7 Å². The monoisotopic (exact) mass is 412 g/mol. The van der Waals surface area contributed by atoms with Crippen molar-refractivity contribution in [3.05, 3.63) is 81.6 Å². The Hall–Kier alpha value is -3.59. The Balaban J connectivity index is 1.53. The second kappa shape index (κ2) is 7.80. The highest BCUT2D eigenvalue weighted by molar-refractivity contribution is 6.30. The van der Waals surface area contributed by atoms with E-state index in [1.165, 1.54) is 23.1 Å². The molecule has 4 aromatic rings. The zero-order valence-corrected chi connectivity index (χ0v) is 15.7. The number of fused-ring (bicyclic) bond motifs is 1. The van der Waals surface area contributed by atoms with Gasteiger partial charge >= 0.3 is 0 Å². The van der Waals surface area contributed by atoms with Crippen LogP contribution in [0.4, 0.5) is 10.1 Å². The fraction of sp³-hybridized carbons (Fsp3) is 0.105. The molecule has 2 aromatic carbocycles. The van der Waals surface area contributed by atoms with E-state index in [1.807, 2.05) is 0 Å². The summed E-state index contributed by atoms with van der Waals surface area (Å²) in [5.41, 5.74) is 1.20. The number of amides is 1. The molecule has 2 heterocycles. The summed E-state index contributed by atoms with van der Waals surface area (Å²) in [6, 6.07) is 12.5. The molecule has 0 fully saturated rings. The summed E-state index contributed by atoms with van der Waals surface area (Å²) in [5, 5.41) is 11.1. The van der Waals surface area contributed by atoms with Crippen molar-refractivity contribution in [2.45, 2.75) is 13.1 Å². The van der Waals surface area contributed by atoms with Crippen LogP contribution in [0.5, 0.6) is 0 Å². The second-order valence-electron chi connectivity index (χ2n) is 6.28. The van der Waals surface area contributed by atoms with Gasteiger partial charge in [-0.1, -0.05) is 28.9 Å². The third-order valence-electron chi connectivity index (χ3n) is 4.18. The zero-order valence-electron chi connectivity index (χ0n) is 14.9. The van der Waals surface area contributed by atoms with E-state index in [1.54, 1.807) is 36.4 Å². The third-order valence-corrected chi connectivity index (χ3v) is 4.43. The predicted octanol–water partition coefficient (Wildman–Crippen LogP) is 2.47. The quantitative estimate of drug-likeness (QED) is 0.543. The van der Waals surface area contributed by atoms with E-state index in [-0.39, 0.29) is 30.1 Å². The Morgan fingerprint density at radius 2 is 1.83 bits per heavy atom. The van der Waals surface area contributed by atoms with Crippen LogP contribution >= 0.6 is 11.6 Å². The van der Waals surface area contributed by atoms with Crippen molar-refractivity contribution >= 4 is 34.4 Å². The first-order valence-electron chi connectivity index (χ1n) is 8.58. The largest absolute Gasteiger partial charge is 0.325 e. The Bertz CT molecular complexity index is 1230. The lowest BCUT2D eigenvalue weighted by Gasteiger charge is -2.07.